The number of rotatable bonds is 5. The molecule has 0 aromatic heterocycles. The maximum Gasteiger partial charge on any atom is 0.0412 e. The van der Waals surface area contributed by atoms with Gasteiger partial charge >= 0.3 is 0 Å². The van der Waals surface area contributed by atoms with Crippen molar-refractivity contribution in [2.24, 2.45) is 0 Å². The number of nitrogens with zero attached hydrogens (tertiary/aromatic N) is 2. The summed E-state index contributed by atoms with van der Waals surface area (Å²) >= 11 is 0. The third kappa shape index (κ3) is 3.48. The molecule has 1 fully saturated rings. The van der Waals surface area contributed by atoms with E-state index in [4.69, 9.17) is 0 Å². The molecule has 1 heterocycles. The fraction of sp³-hybridized carbons (Fsp3) is 0.625. The average Bonchev–Trinajstić information content (AvgIpc) is 2.45. The molecule has 0 radical (unpaired) electrons. The maximum absolute atomic E-state index is 3.44. The van der Waals surface area contributed by atoms with Gasteiger partial charge in [0.25, 0.3) is 0 Å². The van der Waals surface area contributed by atoms with Gasteiger partial charge in [-0.15, -0.1) is 0 Å². The van der Waals surface area contributed by atoms with Crippen molar-refractivity contribution in [3.63, 3.8) is 0 Å². The molecule has 1 N–H and O–H groups in total. The monoisotopic (exact) mass is 261 g/mol. The number of hydrogen-bond donors (Lipinski definition) is 1. The summed E-state index contributed by atoms with van der Waals surface area (Å²) in [6, 6.07) is 9.45. The van der Waals surface area contributed by atoms with Crippen molar-refractivity contribution < 1.29 is 0 Å². The van der Waals surface area contributed by atoms with Crippen LogP contribution >= 0.6 is 0 Å². The van der Waals surface area contributed by atoms with E-state index in [1.165, 1.54) is 17.8 Å². The third-order valence-corrected chi connectivity index (χ3v) is 4.07. The molecule has 1 saturated heterocycles. The first-order valence-electron chi connectivity index (χ1n) is 7.53. The Bertz CT molecular complexity index is 391. The van der Waals surface area contributed by atoms with E-state index < -0.39 is 0 Å². The smallest absolute Gasteiger partial charge is 0.0412 e. The van der Waals surface area contributed by atoms with E-state index in [2.05, 4.69) is 60.2 Å². The van der Waals surface area contributed by atoms with Gasteiger partial charge in [-0.1, -0.05) is 32.0 Å². The van der Waals surface area contributed by atoms with Crippen LogP contribution in [-0.4, -0.2) is 43.7 Å². The first kappa shape index (κ1) is 14.4. The number of hydrogen-bond acceptors (Lipinski definition) is 3. The molecule has 3 heteroatoms. The Kier molecular flexibility index (Phi) is 5.23. The van der Waals surface area contributed by atoms with Crippen LogP contribution in [0.3, 0.4) is 0 Å². The van der Waals surface area contributed by atoms with Crippen LogP contribution in [0.15, 0.2) is 24.3 Å². The van der Waals surface area contributed by atoms with Crippen LogP contribution in [0.5, 0.6) is 0 Å². The van der Waals surface area contributed by atoms with Crippen molar-refractivity contribution in [3.8, 4) is 0 Å². The Morgan fingerprint density at radius 3 is 2.68 bits per heavy atom. The summed E-state index contributed by atoms with van der Waals surface area (Å²) in [6.07, 6.45) is 0. The van der Waals surface area contributed by atoms with Gasteiger partial charge in [0.1, 0.15) is 0 Å². The second-order valence-electron chi connectivity index (χ2n) is 5.33. The van der Waals surface area contributed by atoms with Gasteiger partial charge in [0.2, 0.25) is 0 Å². The normalized spacial score (nSPS) is 20.8. The largest absolute Gasteiger partial charge is 0.368 e. The summed E-state index contributed by atoms with van der Waals surface area (Å²) in [5, 5.41) is 3.44. The number of piperazine rings is 1. The molecule has 0 aliphatic carbocycles. The number of benzene rings is 1. The van der Waals surface area contributed by atoms with Gasteiger partial charge in [0, 0.05) is 37.9 Å². The summed E-state index contributed by atoms with van der Waals surface area (Å²) in [4.78, 5) is 5.10. The molecule has 1 aliphatic rings. The molecule has 3 nitrogen and oxygen atoms in total. The van der Waals surface area contributed by atoms with Gasteiger partial charge in [-0.25, -0.2) is 0 Å². The van der Waals surface area contributed by atoms with Crippen molar-refractivity contribution in [2.75, 3.05) is 37.6 Å². The summed E-state index contributed by atoms with van der Waals surface area (Å²) < 4.78 is 0. The molecule has 1 atom stereocenters. The predicted octanol–water partition coefficient (Wildman–Crippen LogP) is 2.33. The van der Waals surface area contributed by atoms with Crippen molar-refractivity contribution in [1.29, 1.82) is 0 Å². The van der Waals surface area contributed by atoms with E-state index in [9.17, 15) is 0 Å². The molecule has 1 aromatic rings. The molecule has 0 amide bonds. The lowest BCUT2D eigenvalue weighted by atomic mass is 10.1. The molecule has 2 rings (SSSR count). The lowest BCUT2D eigenvalue weighted by molar-refractivity contribution is 0.199. The van der Waals surface area contributed by atoms with Gasteiger partial charge in [0.15, 0.2) is 0 Å². The van der Waals surface area contributed by atoms with E-state index in [0.29, 0.717) is 6.04 Å². The Morgan fingerprint density at radius 1 is 1.21 bits per heavy atom. The van der Waals surface area contributed by atoms with Crippen molar-refractivity contribution in [1.82, 2.24) is 10.2 Å². The topological polar surface area (TPSA) is 18.5 Å². The van der Waals surface area contributed by atoms with E-state index in [1.807, 2.05) is 0 Å². The van der Waals surface area contributed by atoms with Crippen LogP contribution in [0.25, 0.3) is 0 Å². The minimum absolute atomic E-state index is 0.644. The van der Waals surface area contributed by atoms with Crippen LogP contribution in [0, 0.1) is 0 Å². The van der Waals surface area contributed by atoms with Gasteiger partial charge < -0.3 is 10.2 Å². The van der Waals surface area contributed by atoms with E-state index in [1.54, 1.807) is 0 Å². The van der Waals surface area contributed by atoms with Crippen molar-refractivity contribution >= 4 is 5.69 Å². The van der Waals surface area contributed by atoms with Crippen molar-refractivity contribution in [2.45, 2.75) is 33.4 Å². The number of likely N-dealkylation sites (N-methyl/N-ethyl adjacent to an activating group) is 1. The molecule has 106 valence electrons. The van der Waals surface area contributed by atoms with E-state index >= 15 is 0 Å². The number of anilines is 1. The van der Waals surface area contributed by atoms with Gasteiger partial charge in [-0.3, -0.25) is 4.90 Å². The highest BCUT2D eigenvalue weighted by Gasteiger charge is 2.23. The lowest BCUT2D eigenvalue weighted by Gasteiger charge is -2.41. The first-order chi connectivity index (χ1) is 9.26. The van der Waals surface area contributed by atoms with Gasteiger partial charge in [-0.2, -0.15) is 0 Å². The maximum atomic E-state index is 3.44. The highest BCUT2D eigenvalue weighted by Crippen LogP contribution is 2.23. The fourth-order valence-electron chi connectivity index (χ4n) is 2.91. The molecular formula is C16H27N3. The summed E-state index contributed by atoms with van der Waals surface area (Å²) in [6.45, 7) is 13.3. The van der Waals surface area contributed by atoms with Crippen LogP contribution < -0.4 is 10.2 Å². The molecule has 1 aromatic carbocycles. The molecule has 1 unspecified atom stereocenters. The number of para-hydroxylation sites is 1. The zero-order chi connectivity index (χ0) is 13.7. The minimum atomic E-state index is 0.644. The predicted molar refractivity (Wildman–Crippen MR) is 82.7 cm³/mol. The lowest BCUT2D eigenvalue weighted by Crippen LogP contribution is -2.52. The second kappa shape index (κ2) is 6.92. The van der Waals surface area contributed by atoms with Crippen LogP contribution in [0.1, 0.15) is 26.3 Å². The summed E-state index contributed by atoms with van der Waals surface area (Å²) in [5.74, 6) is 0. The van der Waals surface area contributed by atoms with Gasteiger partial charge in [0.05, 0.1) is 0 Å². The Balaban J connectivity index is 2.09. The third-order valence-electron chi connectivity index (χ3n) is 4.07. The molecule has 0 spiro atoms. The fourth-order valence-corrected chi connectivity index (χ4v) is 2.91. The first-order valence-corrected chi connectivity index (χ1v) is 7.53. The Hall–Kier alpha value is -1.06. The molecule has 0 saturated carbocycles. The standard InChI is InChI=1S/C16H27N3/c1-4-17-12-15-8-6-7-9-16(15)19-11-10-18(5-2)14(3)13-19/h6-9,14,17H,4-5,10-13H2,1-3H3. The summed E-state index contributed by atoms with van der Waals surface area (Å²) in [5.41, 5.74) is 2.83. The Labute approximate surface area is 117 Å². The van der Waals surface area contributed by atoms with Crippen LogP contribution in [-0.2, 0) is 6.54 Å². The van der Waals surface area contributed by atoms with Crippen molar-refractivity contribution in [3.05, 3.63) is 29.8 Å². The molecular weight excluding hydrogens is 234 g/mol. The highest BCUT2D eigenvalue weighted by molar-refractivity contribution is 5.54. The van der Waals surface area contributed by atoms with Crippen LogP contribution in [0.2, 0.25) is 0 Å². The highest BCUT2D eigenvalue weighted by atomic mass is 15.3. The van der Waals surface area contributed by atoms with Crippen LogP contribution in [0.4, 0.5) is 5.69 Å². The summed E-state index contributed by atoms with van der Waals surface area (Å²) in [7, 11) is 0. The molecule has 1 aliphatic heterocycles. The number of nitrogens with one attached hydrogen (secondary N) is 1. The quantitative estimate of drug-likeness (QED) is 0.877. The Morgan fingerprint density at radius 2 is 2.00 bits per heavy atom. The minimum Gasteiger partial charge on any atom is -0.368 e. The van der Waals surface area contributed by atoms with E-state index in [-0.39, 0.29) is 0 Å². The zero-order valence-corrected chi connectivity index (χ0v) is 12.5. The zero-order valence-electron chi connectivity index (χ0n) is 12.5. The van der Waals surface area contributed by atoms with Gasteiger partial charge in [-0.05, 0) is 31.6 Å². The second-order valence-corrected chi connectivity index (χ2v) is 5.33. The average molecular weight is 261 g/mol. The van der Waals surface area contributed by atoms with E-state index in [0.717, 1.165) is 32.7 Å². The SMILES string of the molecule is CCNCc1ccccc1N1CCN(CC)C(C)C1. The molecule has 0 bridgehead atoms. The molecule has 19 heavy (non-hydrogen) atoms.